The van der Waals surface area contributed by atoms with E-state index in [0.717, 1.165) is 25.7 Å². The molecule has 1 unspecified atom stereocenters. The summed E-state index contributed by atoms with van der Waals surface area (Å²) in [4.78, 5) is 29.4. The van der Waals surface area contributed by atoms with Crippen molar-refractivity contribution < 1.29 is 14.7 Å². The summed E-state index contributed by atoms with van der Waals surface area (Å²) in [5.74, 6) is -0.274. The van der Waals surface area contributed by atoms with Crippen molar-refractivity contribution in [3.8, 4) is 0 Å². The SMILES string of the molecule is CC(C)NC(=O)[C@@H](C)C1CC[C@@]2(C)CC[C@H](NC(=O)c3ccccn3)[C@@H](C)[C@@H]2[C@H]1O. The van der Waals surface area contributed by atoms with E-state index in [4.69, 9.17) is 0 Å². The first-order valence-corrected chi connectivity index (χ1v) is 11.3. The fraction of sp³-hybridized carbons (Fsp3) is 0.708. The maximum absolute atomic E-state index is 12.7. The first-order valence-electron chi connectivity index (χ1n) is 11.3. The smallest absolute Gasteiger partial charge is 0.270 e. The molecule has 2 aliphatic rings. The van der Waals surface area contributed by atoms with E-state index < -0.39 is 6.10 Å². The lowest BCUT2D eigenvalue weighted by molar-refractivity contribution is -0.142. The van der Waals surface area contributed by atoms with Gasteiger partial charge in [-0.25, -0.2) is 0 Å². The topological polar surface area (TPSA) is 91.3 Å². The molecular formula is C24H37N3O3. The largest absolute Gasteiger partial charge is 0.392 e. The lowest BCUT2D eigenvalue weighted by Gasteiger charge is -2.56. The molecule has 6 heteroatoms. The highest BCUT2D eigenvalue weighted by molar-refractivity contribution is 5.92. The van der Waals surface area contributed by atoms with Crippen LogP contribution in [0.1, 0.15) is 70.8 Å². The molecular weight excluding hydrogens is 378 g/mol. The van der Waals surface area contributed by atoms with Gasteiger partial charge in [-0.3, -0.25) is 14.6 Å². The molecule has 7 atom stereocenters. The minimum atomic E-state index is -0.554. The van der Waals surface area contributed by atoms with E-state index in [1.165, 1.54) is 0 Å². The molecule has 3 rings (SSSR count). The highest BCUT2D eigenvalue weighted by Gasteiger charge is 2.53. The van der Waals surface area contributed by atoms with E-state index in [1.807, 2.05) is 26.8 Å². The van der Waals surface area contributed by atoms with Crippen molar-refractivity contribution in [3.05, 3.63) is 30.1 Å². The number of amides is 2. The van der Waals surface area contributed by atoms with Gasteiger partial charge < -0.3 is 15.7 Å². The summed E-state index contributed by atoms with van der Waals surface area (Å²) >= 11 is 0. The molecule has 2 fully saturated rings. The van der Waals surface area contributed by atoms with Crippen molar-refractivity contribution in [3.63, 3.8) is 0 Å². The molecule has 1 aromatic rings. The van der Waals surface area contributed by atoms with E-state index >= 15 is 0 Å². The van der Waals surface area contributed by atoms with E-state index in [-0.39, 0.29) is 53.0 Å². The zero-order chi connectivity index (χ0) is 22.1. The lowest BCUT2D eigenvalue weighted by atomic mass is 9.51. The Balaban J connectivity index is 1.74. The predicted octanol–water partition coefficient (Wildman–Crippen LogP) is 3.16. The molecule has 0 aromatic carbocycles. The van der Waals surface area contributed by atoms with Crippen LogP contribution in [-0.4, -0.2) is 40.1 Å². The number of nitrogens with one attached hydrogen (secondary N) is 2. The van der Waals surface area contributed by atoms with Crippen LogP contribution in [0.5, 0.6) is 0 Å². The van der Waals surface area contributed by atoms with Gasteiger partial charge in [-0.2, -0.15) is 0 Å². The number of carbonyl (C=O) groups excluding carboxylic acids is 2. The maximum Gasteiger partial charge on any atom is 0.270 e. The number of hydrogen-bond acceptors (Lipinski definition) is 4. The summed E-state index contributed by atoms with van der Waals surface area (Å²) in [5, 5.41) is 17.6. The number of fused-ring (bicyclic) bond motifs is 1. The van der Waals surface area contributed by atoms with Gasteiger partial charge in [-0.05, 0) is 74.8 Å². The van der Waals surface area contributed by atoms with Crippen LogP contribution in [0.25, 0.3) is 0 Å². The number of rotatable bonds is 5. The van der Waals surface area contributed by atoms with Gasteiger partial charge in [0.05, 0.1) is 6.10 Å². The molecule has 166 valence electrons. The van der Waals surface area contributed by atoms with Crippen LogP contribution in [0.3, 0.4) is 0 Å². The van der Waals surface area contributed by atoms with Crippen LogP contribution >= 0.6 is 0 Å². The molecule has 0 saturated heterocycles. The second-order valence-corrected chi connectivity index (χ2v) is 10.0. The van der Waals surface area contributed by atoms with Gasteiger partial charge >= 0.3 is 0 Å². The van der Waals surface area contributed by atoms with Gasteiger partial charge in [-0.15, -0.1) is 0 Å². The second-order valence-electron chi connectivity index (χ2n) is 10.0. The summed E-state index contributed by atoms with van der Waals surface area (Å²) in [6.07, 6.45) is 4.79. The van der Waals surface area contributed by atoms with E-state index in [9.17, 15) is 14.7 Å². The lowest BCUT2D eigenvalue weighted by Crippen LogP contribution is -2.58. The molecule has 6 nitrogen and oxygen atoms in total. The number of hydrogen-bond donors (Lipinski definition) is 3. The summed E-state index contributed by atoms with van der Waals surface area (Å²) in [6.45, 7) is 10.2. The van der Waals surface area contributed by atoms with Crippen LogP contribution in [0.4, 0.5) is 0 Å². The van der Waals surface area contributed by atoms with Crippen molar-refractivity contribution in [2.24, 2.45) is 29.1 Å². The van der Waals surface area contributed by atoms with Gasteiger partial charge in [0.1, 0.15) is 5.69 Å². The zero-order valence-corrected chi connectivity index (χ0v) is 18.9. The number of carbonyl (C=O) groups is 2. The molecule has 0 aliphatic heterocycles. The summed E-state index contributed by atoms with van der Waals surface area (Å²) in [7, 11) is 0. The summed E-state index contributed by atoms with van der Waals surface area (Å²) < 4.78 is 0. The Bertz CT molecular complexity index is 753. The van der Waals surface area contributed by atoms with Gasteiger partial charge in [0, 0.05) is 24.2 Å². The summed E-state index contributed by atoms with van der Waals surface area (Å²) in [6, 6.07) is 5.40. The molecule has 3 N–H and O–H groups in total. The molecule has 0 radical (unpaired) electrons. The first-order chi connectivity index (χ1) is 14.1. The molecule has 2 amide bonds. The molecule has 2 aliphatic carbocycles. The third-order valence-electron chi connectivity index (χ3n) is 7.59. The Labute approximate surface area is 180 Å². The number of aromatic nitrogens is 1. The maximum atomic E-state index is 12.7. The molecule has 1 heterocycles. The number of nitrogens with zero attached hydrogens (tertiary/aromatic N) is 1. The standard InChI is InChI=1S/C24H37N3O3/c1-14(2)26-22(29)15(3)17-9-11-24(5)12-10-18(16(4)20(24)21(17)28)27-23(30)19-8-6-7-13-25-19/h6-8,13-18,20-21,28H,9-12H2,1-5H3,(H,26,29)(H,27,30)/t15-,16+,17?,18-,20+,21-,24-/m0/s1. The van der Waals surface area contributed by atoms with Gasteiger partial charge in [0.2, 0.25) is 5.91 Å². The molecule has 0 spiro atoms. The highest BCUT2D eigenvalue weighted by atomic mass is 16.3. The molecule has 2 saturated carbocycles. The average molecular weight is 416 g/mol. The van der Waals surface area contributed by atoms with Crippen molar-refractivity contribution in [2.45, 2.75) is 78.5 Å². The van der Waals surface area contributed by atoms with Crippen molar-refractivity contribution >= 4 is 11.8 Å². The van der Waals surface area contributed by atoms with Crippen LogP contribution in [-0.2, 0) is 4.79 Å². The fourth-order valence-electron chi connectivity index (χ4n) is 5.85. The quantitative estimate of drug-likeness (QED) is 0.689. The van der Waals surface area contributed by atoms with Crippen LogP contribution < -0.4 is 10.6 Å². The Hall–Kier alpha value is -1.95. The number of aliphatic hydroxyl groups is 1. The van der Waals surface area contributed by atoms with E-state index in [2.05, 4.69) is 29.5 Å². The summed E-state index contributed by atoms with van der Waals surface area (Å²) in [5.41, 5.74) is 0.453. The number of pyridine rings is 1. The monoisotopic (exact) mass is 415 g/mol. The van der Waals surface area contributed by atoms with Crippen LogP contribution in [0.2, 0.25) is 0 Å². The minimum absolute atomic E-state index is 0.00854. The van der Waals surface area contributed by atoms with Crippen LogP contribution in [0, 0.1) is 29.1 Å². The first kappa shape index (κ1) is 22.7. The molecule has 1 aromatic heterocycles. The van der Waals surface area contributed by atoms with E-state index in [0.29, 0.717) is 5.69 Å². The third kappa shape index (κ3) is 4.53. The average Bonchev–Trinajstić information content (AvgIpc) is 2.70. The minimum Gasteiger partial charge on any atom is -0.392 e. The Morgan fingerprint density at radius 2 is 1.90 bits per heavy atom. The zero-order valence-electron chi connectivity index (χ0n) is 18.9. The van der Waals surface area contributed by atoms with Crippen molar-refractivity contribution in [1.82, 2.24) is 15.6 Å². The van der Waals surface area contributed by atoms with Crippen LogP contribution in [0.15, 0.2) is 24.4 Å². The third-order valence-corrected chi connectivity index (χ3v) is 7.59. The second kappa shape index (κ2) is 9.04. The van der Waals surface area contributed by atoms with Gasteiger partial charge in [-0.1, -0.05) is 26.8 Å². The highest BCUT2D eigenvalue weighted by Crippen LogP contribution is 2.55. The predicted molar refractivity (Wildman–Crippen MR) is 117 cm³/mol. The van der Waals surface area contributed by atoms with E-state index in [1.54, 1.807) is 18.3 Å². The molecule has 0 bridgehead atoms. The normalized spacial score (nSPS) is 34.7. The number of aliphatic hydroxyl groups excluding tert-OH is 1. The fourth-order valence-corrected chi connectivity index (χ4v) is 5.85. The molecule has 30 heavy (non-hydrogen) atoms. The van der Waals surface area contributed by atoms with Gasteiger partial charge in [0.25, 0.3) is 5.91 Å². The van der Waals surface area contributed by atoms with Crippen molar-refractivity contribution in [2.75, 3.05) is 0 Å². The van der Waals surface area contributed by atoms with Gasteiger partial charge in [0.15, 0.2) is 0 Å². The Morgan fingerprint density at radius 1 is 1.20 bits per heavy atom. The Kier molecular flexibility index (Phi) is 6.85. The van der Waals surface area contributed by atoms with Crippen molar-refractivity contribution in [1.29, 1.82) is 0 Å². The Morgan fingerprint density at radius 3 is 2.53 bits per heavy atom.